The van der Waals surface area contributed by atoms with Gasteiger partial charge < -0.3 is 19.2 Å². The van der Waals surface area contributed by atoms with Crippen LogP contribution in [0, 0.1) is 0 Å². The van der Waals surface area contributed by atoms with Crippen LogP contribution >= 0.6 is 11.6 Å². The van der Waals surface area contributed by atoms with E-state index in [1.54, 1.807) is 54.6 Å². The summed E-state index contributed by atoms with van der Waals surface area (Å²) < 4.78 is 57.0. The fourth-order valence-electron chi connectivity index (χ4n) is 3.75. The Kier molecular flexibility index (Phi) is 8.08. The number of rotatable bonds is 8. The maximum absolute atomic E-state index is 13.3. The molecule has 0 fully saturated rings. The summed E-state index contributed by atoms with van der Waals surface area (Å²) in [5.41, 5.74) is -0.0809. The van der Waals surface area contributed by atoms with E-state index in [9.17, 15) is 22.8 Å². The molecular formula is C28H23ClF3NO5. The van der Waals surface area contributed by atoms with E-state index in [2.05, 4.69) is 5.32 Å². The van der Waals surface area contributed by atoms with Crippen molar-refractivity contribution in [1.82, 2.24) is 0 Å². The van der Waals surface area contributed by atoms with Gasteiger partial charge in [0.15, 0.2) is 0 Å². The number of carbonyl (C=O) groups is 2. The van der Waals surface area contributed by atoms with Crippen LogP contribution in [0.2, 0.25) is 5.02 Å². The highest BCUT2D eigenvalue weighted by molar-refractivity contribution is 6.31. The number of esters is 1. The Bertz CT molecular complexity index is 1450. The molecule has 0 aliphatic rings. The molecule has 0 unspecified atom stereocenters. The number of para-hydroxylation sites is 1. The molecule has 1 amide bonds. The molecule has 1 atom stereocenters. The van der Waals surface area contributed by atoms with Crippen LogP contribution in [-0.2, 0) is 27.1 Å². The van der Waals surface area contributed by atoms with Gasteiger partial charge in [-0.25, -0.2) is 4.79 Å². The third kappa shape index (κ3) is 6.17. The van der Waals surface area contributed by atoms with Gasteiger partial charge in [-0.3, -0.25) is 4.79 Å². The fraction of sp³-hybridized carbons (Fsp3) is 0.214. The summed E-state index contributed by atoms with van der Waals surface area (Å²) in [5.74, 6) is -1.93. The molecule has 1 N–H and O–H groups in total. The van der Waals surface area contributed by atoms with Crippen molar-refractivity contribution in [2.24, 2.45) is 0 Å². The van der Waals surface area contributed by atoms with Crippen molar-refractivity contribution in [2.75, 3.05) is 5.32 Å². The minimum Gasteiger partial charge on any atom is -0.449 e. The summed E-state index contributed by atoms with van der Waals surface area (Å²) in [6.45, 7) is 3.75. The molecule has 1 heterocycles. The van der Waals surface area contributed by atoms with Crippen molar-refractivity contribution in [2.45, 2.75) is 38.8 Å². The van der Waals surface area contributed by atoms with Gasteiger partial charge in [0.1, 0.15) is 5.58 Å². The van der Waals surface area contributed by atoms with Crippen molar-refractivity contribution in [1.29, 1.82) is 0 Å². The average Bonchev–Trinajstić information content (AvgIpc) is 3.25. The van der Waals surface area contributed by atoms with Crippen LogP contribution in [-0.4, -0.2) is 18.0 Å². The Morgan fingerprint density at radius 1 is 1.00 bits per heavy atom. The molecule has 6 nitrogen and oxygen atoms in total. The maximum atomic E-state index is 13.3. The van der Waals surface area contributed by atoms with Crippen molar-refractivity contribution >= 4 is 40.1 Å². The van der Waals surface area contributed by atoms with Crippen LogP contribution in [0.4, 0.5) is 18.9 Å². The molecule has 4 rings (SSSR count). The molecule has 38 heavy (non-hydrogen) atoms. The van der Waals surface area contributed by atoms with Gasteiger partial charge in [0.05, 0.1) is 23.3 Å². The van der Waals surface area contributed by atoms with E-state index in [4.69, 9.17) is 25.5 Å². The van der Waals surface area contributed by atoms with Crippen LogP contribution in [0.25, 0.3) is 11.0 Å². The Balaban J connectivity index is 1.66. The highest BCUT2D eigenvalue weighted by atomic mass is 35.5. The van der Waals surface area contributed by atoms with Crippen molar-refractivity contribution < 1.29 is 36.7 Å². The van der Waals surface area contributed by atoms with Crippen LogP contribution in [0.3, 0.4) is 0 Å². The summed E-state index contributed by atoms with van der Waals surface area (Å²) in [7, 11) is 0. The van der Waals surface area contributed by atoms with Crippen molar-refractivity contribution in [3.8, 4) is 0 Å². The number of benzene rings is 3. The monoisotopic (exact) mass is 545 g/mol. The van der Waals surface area contributed by atoms with Crippen LogP contribution < -0.4 is 5.32 Å². The molecule has 0 aliphatic carbocycles. The number of hydrogen-bond acceptors (Lipinski definition) is 5. The van der Waals surface area contributed by atoms with Crippen molar-refractivity contribution in [3.63, 3.8) is 0 Å². The van der Waals surface area contributed by atoms with Gasteiger partial charge in [0, 0.05) is 22.2 Å². The molecular weight excluding hydrogens is 523 g/mol. The van der Waals surface area contributed by atoms with Crippen LogP contribution in [0.5, 0.6) is 0 Å². The summed E-state index contributed by atoms with van der Waals surface area (Å²) in [4.78, 5) is 26.6. The predicted octanol–water partition coefficient (Wildman–Crippen LogP) is 7.57. The third-order valence-electron chi connectivity index (χ3n) is 5.55. The van der Waals surface area contributed by atoms with Crippen molar-refractivity contribution in [3.05, 3.63) is 100 Å². The molecule has 1 aromatic heterocycles. The summed E-state index contributed by atoms with van der Waals surface area (Å²) in [6, 6.07) is 18.0. The van der Waals surface area contributed by atoms with E-state index in [-0.39, 0.29) is 24.2 Å². The third-order valence-corrected chi connectivity index (χ3v) is 5.88. The summed E-state index contributed by atoms with van der Waals surface area (Å²) >= 11 is 5.68. The summed E-state index contributed by atoms with van der Waals surface area (Å²) in [6.07, 6.45) is -6.35. The Hall–Kier alpha value is -3.82. The molecule has 0 bridgehead atoms. The lowest BCUT2D eigenvalue weighted by Crippen LogP contribution is -2.26. The highest BCUT2D eigenvalue weighted by Gasteiger charge is 2.34. The lowest BCUT2D eigenvalue weighted by Gasteiger charge is -2.19. The van der Waals surface area contributed by atoms with Gasteiger partial charge in [-0.1, -0.05) is 60.1 Å². The Morgan fingerprint density at radius 2 is 1.68 bits per heavy atom. The zero-order chi connectivity index (χ0) is 27.4. The fourth-order valence-corrected chi connectivity index (χ4v) is 3.97. The predicted molar refractivity (Wildman–Crippen MR) is 136 cm³/mol. The first-order valence-corrected chi connectivity index (χ1v) is 12.0. The first-order chi connectivity index (χ1) is 18.0. The number of ether oxygens (including phenoxy) is 2. The topological polar surface area (TPSA) is 77.8 Å². The van der Waals surface area contributed by atoms with Gasteiger partial charge in [0.25, 0.3) is 5.91 Å². The normalized spacial score (nSPS) is 12.5. The van der Waals surface area contributed by atoms with E-state index in [1.165, 1.54) is 6.07 Å². The van der Waals surface area contributed by atoms with Gasteiger partial charge in [-0.2, -0.15) is 13.2 Å². The van der Waals surface area contributed by atoms with E-state index < -0.39 is 34.7 Å². The molecule has 0 saturated carbocycles. The largest absolute Gasteiger partial charge is 0.449 e. The summed E-state index contributed by atoms with van der Waals surface area (Å²) in [5, 5.41) is 2.53. The van der Waals surface area contributed by atoms with E-state index >= 15 is 0 Å². The van der Waals surface area contributed by atoms with E-state index in [1.807, 2.05) is 13.8 Å². The lowest BCUT2D eigenvalue weighted by molar-refractivity contribution is -0.137. The number of halogens is 4. The molecule has 198 valence electrons. The number of alkyl halides is 3. The smallest absolute Gasteiger partial charge is 0.417 e. The van der Waals surface area contributed by atoms with E-state index in [0.717, 1.165) is 6.07 Å². The quantitative estimate of drug-likeness (QED) is 0.231. The first kappa shape index (κ1) is 27.2. The van der Waals surface area contributed by atoms with E-state index in [0.29, 0.717) is 28.2 Å². The average molecular weight is 546 g/mol. The number of amides is 1. The molecule has 0 saturated heterocycles. The van der Waals surface area contributed by atoms with Gasteiger partial charge >= 0.3 is 12.1 Å². The second kappa shape index (κ2) is 11.3. The van der Waals surface area contributed by atoms with Gasteiger partial charge in [-0.05, 0) is 38.1 Å². The molecule has 0 radical (unpaired) electrons. The minimum absolute atomic E-state index is 0.0618. The van der Waals surface area contributed by atoms with Gasteiger partial charge in [0.2, 0.25) is 11.9 Å². The second-order valence-corrected chi connectivity index (χ2v) is 9.05. The maximum Gasteiger partial charge on any atom is 0.417 e. The number of fused-ring (bicyclic) bond motifs is 1. The zero-order valence-corrected chi connectivity index (χ0v) is 21.1. The molecule has 0 aliphatic heterocycles. The minimum atomic E-state index is -4.72. The van der Waals surface area contributed by atoms with Gasteiger partial charge in [-0.15, -0.1) is 0 Å². The number of furan rings is 1. The Morgan fingerprint density at radius 3 is 2.37 bits per heavy atom. The number of nitrogens with one attached hydrogen (secondary N) is 1. The molecule has 0 spiro atoms. The SMILES string of the molecule is CC(C)OCc1c(C(=O)O[C@H](C(=O)Nc2ccc(Cl)c(C(F)(F)F)c2)c2ccccc2)oc2ccccc12. The standard InChI is InChI=1S/C28H23ClF3NO5/c1-16(2)36-15-20-19-10-6-7-11-23(19)37-25(20)27(35)38-24(17-8-4-3-5-9-17)26(34)33-18-12-13-22(29)21(14-18)28(30,31)32/h3-14,16,24H,15H2,1-2H3,(H,33,34)/t24-/m0/s1. The zero-order valence-electron chi connectivity index (χ0n) is 20.3. The second-order valence-electron chi connectivity index (χ2n) is 8.64. The highest BCUT2D eigenvalue weighted by Crippen LogP contribution is 2.36. The Labute approximate surface area is 221 Å². The van der Waals surface area contributed by atoms with Crippen LogP contribution in [0.15, 0.2) is 77.2 Å². The number of anilines is 1. The lowest BCUT2D eigenvalue weighted by atomic mass is 10.1. The number of carbonyl (C=O) groups excluding carboxylic acids is 2. The number of hydrogen-bond donors (Lipinski definition) is 1. The first-order valence-electron chi connectivity index (χ1n) is 11.6. The molecule has 4 aromatic rings. The molecule has 10 heteroatoms. The van der Waals surface area contributed by atoms with Crippen LogP contribution in [0.1, 0.15) is 47.2 Å². The molecule has 3 aromatic carbocycles.